The van der Waals surface area contributed by atoms with Crippen LogP contribution in [0.5, 0.6) is 0 Å². The minimum absolute atomic E-state index is 0.146. The molecule has 0 saturated heterocycles. The van der Waals surface area contributed by atoms with Crippen molar-refractivity contribution in [3.63, 3.8) is 0 Å². The minimum Gasteiger partial charge on any atom is -0.387 e. The van der Waals surface area contributed by atoms with Crippen molar-refractivity contribution in [2.45, 2.75) is 13.0 Å². The molecule has 0 fully saturated rings. The molecule has 104 valence electrons. The highest BCUT2D eigenvalue weighted by Crippen LogP contribution is 2.17. The van der Waals surface area contributed by atoms with Gasteiger partial charge in [-0.05, 0) is 36.2 Å². The van der Waals surface area contributed by atoms with E-state index in [0.717, 1.165) is 5.56 Å². The summed E-state index contributed by atoms with van der Waals surface area (Å²) in [7, 11) is 0. The molecule has 0 heterocycles. The van der Waals surface area contributed by atoms with E-state index in [1.54, 1.807) is 30.3 Å². The van der Waals surface area contributed by atoms with Crippen LogP contribution >= 0.6 is 11.6 Å². The van der Waals surface area contributed by atoms with E-state index in [1.807, 2.05) is 25.1 Å². The van der Waals surface area contributed by atoms with Crippen LogP contribution in [-0.2, 0) is 0 Å². The molecule has 1 atom stereocenters. The Balaban J connectivity index is 1.99. The number of carbonyl (C=O) groups excluding carboxylic acids is 1. The van der Waals surface area contributed by atoms with E-state index in [0.29, 0.717) is 16.1 Å². The van der Waals surface area contributed by atoms with Crippen molar-refractivity contribution >= 4 is 17.5 Å². The lowest BCUT2D eigenvalue weighted by molar-refractivity contribution is 0.0915. The van der Waals surface area contributed by atoms with E-state index in [-0.39, 0.29) is 12.5 Å². The van der Waals surface area contributed by atoms with Crippen LogP contribution < -0.4 is 5.32 Å². The van der Waals surface area contributed by atoms with Crippen molar-refractivity contribution in [2.75, 3.05) is 6.54 Å². The van der Waals surface area contributed by atoms with Crippen molar-refractivity contribution in [3.05, 3.63) is 70.2 Å². The van der Waals surface area contributed by atoms with Crippen molar-refractivity contribution in [3.8, 4) is 0 Å². The zero-order chi connectivity index (χ0) is 14.5. The number of amides is 1. The summed E-state index contributed by atoms with van der Waals surface area (Å²) in [6, 6.07) is 14.3. The van der Waals surface area contributed by atoms with E-state index < -0.39 is 6.10 Å². The average molecular weight is 290 g/mol. The van der Waals surface area contributed by atoms with Gasteiger partial charge in [0.25, 0.3) is 5.91 Å². The highest BCUT2D eigenvalue weighted by atomic mass is 35.5. The van der Waals surface area contributed by atoms with Gasteiger partial charge in [-0.2, -0.15) is 0 Å². The largest absolute Gasteiger partial charge is 0.387 e. The molecule has 0 spiro atoms. The van der Waals surface area contributed by atoms with Gasteiger partial charge in [0.2, 0.25) is 0 Å². The molecule has 0 radical (unpaired) electrons. The summed E-state index contributed by atoms with van der Waals surface area (Å²) in [5.74, 6) is -0.191. The van der Waals surface area contributed by atoms with E-state index in [1.165, 1.54) is 0 Å². The zero-order valence-electron chi connectivity index (χ0n) is 11.1. The molecule has 0 aliphatic heterocycles. The fourth-order valence-electron chi connectivity index (χ4n) is 1.94. The second kappa shape index (κ2) is 6.55. The van der Waals surface area contributed by atoms with Gasteiger partial charge in [0.05, 0.1) is 6.10 Å². The van der Waals surface area contributed by atoms with Crippen LogP contribution in [0, 0.1) is 6.92 Å². The molecule has 2 rings (SSSR count). The Labute approximate surface area is 123 Å². The Bertz CT molecular complexity index is 613. The number of hydrogen-bond acceptors (Lipinski definition) is 2. The highest BCUT2D eigenvalue weighted by molar-refractivity contribution is 6.30. The number of nitrogens with one attached hydrogen (secondary N) is 1. The number of aliphatic hydroxyl groups is 1. The van der Waals surface area contributed by atoms with Gasteiger partial charge in [0.1, 0.15) is 0 Å². The standard InChI is InChI=1S/C16H16ClNO2/c1-11-5-2-3-8-14(11)16(20)18-10-15(19)12-6-4-7-13(17)9-12/h2-9,15,19H,10H2,1H3,(H,18,20). The molecule has 0 aromatic heterocycles. The molecule has 20 heavy (non-hydrogen) atoms. The predicted molar refractivity (Wildman–Crippen MR) is 79.9 cm³/mol. The molecule has 2 aromatic carbocycles. The van der Waals surface area contributed by atoms with E-state index in [2.05, 4.69) is 5.32 Å². The van der Waals surface area contributed by atoms with Gasteiger partial charge in [-0.15, -0.1) is 0 Å². The highest BCUT2D eigenvalue weighted by Gasteiger charge is 2.12. The molecule has 0 bridgehead atoms. The Morgan fingerprint density at radius 1 is 1.25 bits per heavy atom. The smallest absolute Gasteiger partial charge is 0.251 e. The molecule has 0 aliphatic carbocycles. The van der Waals surface area contributed by atoms with E-state index in [4.69, 9.17) is 11.6 Å². The number of carbonyl (C=O) groups is 1. The van der Waals surface area contributed by atoms with Crippen molar-refractivity contribution in [1.82, 2.24) is 5.32 Å². The average Bonchev–Trinajstić information content (AvgIpc) is 2.45. The zero-order valence-corrected chi connectivity index (χ0v) is 11.9. The van der Waals surface area contributed by atoms with Crippen LogP contribution in [0.4, 0.5) is 0 Å². The first-order valence-corrected chi connectivity index (χ1v) is 6.73. The van der Waals surface area contributed by atoms with Crippen LogP contribution in [0.1, 0.15) is 27.6 Å². The molecule has 0 saturated carbocycles. The third kappa shape index (κ3) is 3.59. The Hall–Kier alpha value is -1.84. The summed E-state index contributed by atoms with van der Waals surface area (Å²) in [5.41, 5.74) is 2.20. The molecule has 2 aromatic rings. The van der Waals surface area contributed by atoms with Crippen LogP contribution in [-0.4, -0.2) is 17.6 Å². The first kappa shape index (κ1) is 14.6. The lowest BCUT2D eigenvalue weighted by atomic mass is 10.1. The lowest BCUT2D eigenvalue weighted by Gasteiger charge is -2.13. The Morgan fingerprint density at radius 3 is 2.70 bits per heavy atom. The van der Waals surface area contributed by atoms with Gasteiger partial charge in [-0.1, -0.05) is 41.9 Å². The Morgan fingerprint density at radius 2 is 2.00 bits per heavy atom. The summed E-state index contributed by atoms with van der Waals surface area (Å²) in [4.78, 5) is 12.0. The third-order valence-electron chi connectivity index (χ3n) is 3.08. The number of aliphatic hydroxyl groups excluding tert-OH is 1. The number of hydrogen-bond donors (Lipinski definition) is 2. The molecule has 4 heteroatoms. The maximum Gasteiger partial charge on any atom is 0.251 e. The molecule has 0 aliphatic rings. The summed E-state index contributed by atoms with van der Waals surface area (Å²) in [6.07, 6.45) is -0.776. The molecular weight excluding hydrogens is 274 g/mol. The fraction of sp³-hybridized carbons (Fsp3) is 0.188. The molecular formula is C16H16ClNO2. The quantitative estimate of drug-likeness (QED) is 0.908. The number of halogens is 1. The summed E-state index contributed by atoms with van der Waals surface area (Å²) >= 11 is 5.87. The van der Waals surface area contributed by atoms with Crippen LogP contribution in [0.25, 0.3) is 0 Å². The maximum absolute atomic E-state index is 12.0. The van der Waals surface area contributed by atoms with Crippen molar-refractivity contribution in [1.29, 1.82) is 0 Å². The first-order valence-electron chi connectivity index (χ1n) is 6.35. The first-order chi connectivity index (χ1) is 9.58. The molecule has 3 nitrogen and oxygen atoms in total. The van der Waals surface area contributed by atoms with Gasteiger partial charge < -0.3 is 10.4 Å². The van der Waals surface area contributed by atoms with Gasteiger partial charge in [-0.3, -0.25) is 4.79 Å². The third-order valence-corrected chi connectivity index (χ3v) is 3.31. The second-order valence-corrected chi connectivity index (χ2v) is 5.03. The van der Waals surface area contributed by atoms with Crippen molar-refractivity contribution < 1.29 is 9.90 Å². The minimum atomic E-state index is -0.776. The van der Waals surface area contributed by atoms with Gasteiger partial charge in [0, 0.05) is 17.1 Å². The summed E-state index contributed by atoms with van der Waals surface area (Å²) < 4.78 is 0. The molecule has 2 N–H and O–H groups in total. The maximum atomic E-state index is 12.0. The van der Waals surface area contributed by atoms with Gasteiger partial charge in [-0.25, -0.2) is 0 Å². The van der Waals surface area contributed by atoms with E-state index in [9.17, 15) is 9.90 Å². The lowest BCUT2D eigenvalue weighted by Crippen LogP contribution is -2.28. The van der Waals surface area contributed by atoms with Gasteiger partial charge in [0.15, 0.2) is 0 Å². The number of benzene rings is 2. The topological polar surface area (TPSA) is 49.3 Å². The SMILES string of the molecule is Cc1ccccc1C(=O)NCC(O)c1cccc(Cl)c1. The van der Waals surface area contributed by atoms with E-state index >= 15 is 0 Å². The van der Waals surface area contributed by atoms with Crippen LogP contribution in [0.2, 0.25) is 5.02 Å². The fourth-order valence-corrected chi connectivity index (χ4v) is 2.14. The van der Waals surface area contributed by atoms with Crippen molar-refractivity contribution in [2.24, 2.45) is 0 Å². The number of aryl methyl sites for hydroxylation is 1. The molecule has 1 unspecified atom stereocenters. The van der Waals surface area contributed by atoms with Crippen LogP contribution in [0.3, 0.4) is 0 Å². The summed E-state index contributed by atoms with van der Waals surface area (Å²) in [5, 5.41) is 13.3. The molecule has 1 amide bonds. The predicted octanol–water partition coefficient (Wildman–Crippen LogP) is 3.11. The number of rotatable bonds is 4. The Kier molecular flexibility index (Phi) is 4.77. The normalized spacial score (nSPS) is 11.9. The second-order valence-electron chi connectivity index (χ2n) is 4.60. The monoisotopic (exact) mass is 289 g/mol. The van der Waals surface area contributed by atoms with Gasteiger partial charge >= 0.3 is 0 Å². The summed E-state index contributed by atoms with van der Waals surface area (Å²) in [6.45, 7) is 2.02. The van der Waals surface area contributed by atoms with Crippen LogP contribution in [0.15, 0.2) is 48.5 Å².